The lowest BCUT2D eigenvalue weighted by Crippen LogP contribution is -2.32. The van der Waals surface area contributed by atoms with Crippen molar-refractivity contribution in [2.75, 3.05) is 40.4 Å². The van der Waals surface area contributed by atoms with Crippen molar-refractivity contribution < 1.29 is 24.2 Å². The highest BCUT2D eigenvalue weighted by atomic mass is 16.5. The largest absolute Gasteiger partial charge is 0.507 e. The molecule has 0 saturated carbocycles. The first-order valence-electron chi connectivity index (χ1n) is 12.3. The molecular formula is C28H36N2O5. The maximum Gasteiger partial charge on any atom is 0.295 e. The van der Waals surface area contributed by atoms with E-state index in [0.29, 0.717) is 43.2 Å². The van der Waals surface area contributed by atoms with E-state index in [2.05, 4.69) is 6.92 Å². The Morgan fingerprint density at radius 1 is 1.00 bits per heavy atom. The Kier molecular flexibility index (Phi) is 9.32. The molecule has 0 aromatic heterocycles. The van der Waals surface area contributed by atoms with E-state index >= 15 is 0 Å². The van der Waals surface area contributed by atoms with Crippen molar-refractivity contribution in [1.82, 2.24) is 9.80 Å². The van der Waals surface area contributed by atoms with Gasteiger partial charge < -0.3 is 24.4 Å². The number of likely N-dealkylation sites (tertiary alicyclic amines) is 1. The lowest BCUT2D eigenvalue weighted by Gasteiger charge is -2.26. The van der Waals surface area contributed by atoms with Crippen molar-refractivity contribution in [1.29, 1.82) is 0 Å². The van der Waals surface area contributed by atoms with E-state index in [-0.39, 0.29) is 11.3 Å². The lowest BCUT2D eigenvalue weighted by molar-refractivity contribution is -0.139. The second kappa shape index (κ2) is 12.4. The summed E-state index contributed by atoms with van der Waals surface area (Å²) in [4.78, 5) is 29.9. The van der Waals surface area contributed by atoms with Crippen LogP contribution in [0.4, 0.5) is 0 Å². The fourth-order valence-electron chi connectivity index (χ4n) is 4.15. The monoisotopic (exact) mass is 480 g/mol. The third kappa shape index (κ3) is 6.42. The minimum absolute atomic E-state index is 0.0923. The average Bonchev–Trinajstić information content (AvgIpc) is 3.09. The highest BCUT2D eigenvalue weighted by Crippen LogP contribution is 2.40. The molecule has 0 spiro atoms. The van der Waals surface area contributed by atoms with Gasteiger partial charge in [-0.3, -0.25) is 9.59 Å². The molecule has 7 heteroatoms. The van der Waals surface area contributed by atoms with Gasteiger partial charge in [0.25, 0.3) is 11.7 Å². The number of carbonyl (C=O) groups is 2. The van der Waals surface area contributed by atoms with Crippen molar-refractivity contribution in [3.63, 3.8) is 0 Å². The molecule has 3 rings (SSSR count). The second-order valence-corrected chi connectivity index (χ2v) is 8.88. The Morgan fingerprint density at radius 3 is 2.40 bits per heavy atom. The molecule has 2 aromatic rings. The first kappa shape index (κ1) is 26.3. The number of hydrogen-bond donors (Lipinski definition) is 1. The van der Waals surface area contributed by atoms with Crippen LogP contribution in [0.15, 0.2) is 54.1 Å². The summed E-state index contributed by atoms with van der Waals surface area (Å²) in [5.41, 5.74) is 1.28. The molecule has 1 aliphatic heterocycles. The van der Waals surface area contributed by atoms with Crippen molar-refractivity contribution >= 4 is 17.4 Å². The minimum Gasteiger partial charge on any atom is -0.507 e. The van der Waals surface area contributed by atoms with Gasteiger partial charge in [-0.15, -0.1) is 0 Å². The summed E-state index contributed by atoms with van der Waals surface area (Å²) in [6.45, 7) is 6.29. The molecule has 1 amide bonds. The molecule has 1 fully saturated rings. The van der Waals surface area contributed by atoms with Crippen molar-refractivity contribution in [2.24, 2.45) is 0 Å². The van der Waals surface area contributed by atoms with Gasteiger partial charge in [-0.05, 0) is 70.2 Å². The molecule has 0 bridgehead atoms. The van der Waals surface area contributed by atoms with Gasteiger partial charge in [0.1, 0.15) is 17.3 Å². The second-order valence-electron chi connectivity index (χ2n) is 8.88. The molecule has 1 N–H and O–H groups in total. The van der Waals surface area contributed by atoms with Gasteiger partial charge in [-0.1, -0.05) is 37.6 Å². The van der Waals surface area contributed by atoms with E-state index in [1.807, 2.05) is 56.3 Å². The van der Waals surface area contributed by atoms with Crippen molar-refractivity contribution in [3.05, 3.63) is 65.2 Å². The van der Waals surface area contributed by atoms with Crippen LogP contribution in [-0.2, 0) is 9.59 Å². The molecule has 0 aliphatic carbocycles. The third-order valence-corrected chi connectivity index (χ3v) is 5.93. The normalized spacial score (nSPS) is 17.3. The highest BCUT2D eigenvalue weighted by molar-refractivity contribution is 6.46. The average molecular weight is 481 g/mol. The SMILES string of the molecule is CCCCOc1cccc(C(O)=C2C(=O)C(=O)N(CCCN(C)C)C2c2ccc(OCC)cc2)c1. The molecule has 0 radical (unpaired) electrons. The number of rotatable bonds is 12. The number of aliphatic hydroxyl groups excluding tert-OH is 1. The van der Waals surface area contributed by atoms with Gasteiger partial charge in [0, 0.05) is 12.1 Å². The van der Waals surface area contributed by atoms with Gasteiger partial charge in [0.05, 0.1) is 24.8 Å². The fourth-order valence-corrected chi connectivity index (χ4v) is 4.15. The number of carbonyl (C=O) groups excluding carboxylic acids is 2. The number of amides is 1. The number of ether oxygens (including phenoxy) is 2. The summed E-state index contributed by atoms with van der Waals surface area (Å²) < 4.78 is 11.3. The first-order chi connectivity index (χ1) is 16.9. The van der Waals surface area contributed by atoms with E-state index in [4.69, 9.17) is 9.47 Å². The summed E-state index contributed by atoms with van der Waals surface area (Å²) in [6, 6.07) is 13.7. The zero-order chi connectivity index (χ0) is 25.4. The molecule has 2 aromatic carbocycles. The number of Topliss-reactive ketones (excluding diaryl/α,β-unsaturated/α-hetero) is 1. The van der Waals surface area contributed by atoms with Crippen LogP contribution in [0.1, 0.15) is 50.3 Å². The minimum atomic E-state index is -0.683. The van der Waals surface area contributed by atoms with Crippen LogP contribution >= 0.6 is 0 Å². The number of ketones is 1. The standard InChI is InChI=1S/C28H36N2O5/c1-5-7-18-35-23-11-8-10-21(19-23)26(31)24-25(20-12-14-22(15-13-20)34-6-2)30(28(33)27(24)32)17-9-16-29(3)4/h8,10-15,19,25,31H,5-7,9,16-18H2,1-4H3. The molecule has 1 unspecified atom stereocenters. The molecule has 1 atom stereocenters. The molecule has 35 heavy (non-hydrogen) atoms. The van der Waals surface area contributed by atoms with E-state index < -0.39 is 17.7 Å². The Morgan fingerprint density at radius 2 is 1.74 bits per heavy atom. The molecular weight excluding hydrogens is 444 g/mol. The van der Waals surface area contributed by atoms with Crippen molar-refractivity contribution in [2.45, 2.75) is 39.2 Å². The zero-order valence-corrected chi connectivity index (χ0v) is 21.1. The van der Waals surface area contributed by atoms with E-state index in [1.54, 1.807) is 23.1 Å². The Hall–Kier alpha value is -3.32. The predicted molar refractivity (Wildman–Crippen MR) is 137 cm³/mol. The third-order valence-electron chi connectivity index (χ3n) is 5.93. The Labute approximate surface area is 207 Å². The van der Waals surface area contributed by atoms with Gasteiger partial charge >= 0.3 is 0 Å². The predicted octanol–water partition coefficient (Wildman–Crippen LogP) is 4.64. The fraction of sp³-hybridized carbons (Fsp3) is 0.429. The first-order valence-corrected chi connectivity index (χ1v) is 12.3. The van der Waals surface area contributed by atoms with Crippen LogP contribution < -0.4 is 9.47 Å². The summed E-state index contributed by atoms with van der Waals surface area (Å²) >= 11 is 0. The Bertz CT molecular complexity index is 1050. The number of unbranched alkanes of at least 4 members (excludes halogenated alkanes) is 1. The summed E-state index contributed by atoms with van der Waals surface area (Å²) in [5.74, 6) is -0.153. The lowest BCUT2D eigenvalue weighted by atomic mass is 9.95. The highest BCUT2D eigenvalue weighted by Gasteiger charge is 2.45. The number of nitrogens with zero attached hydrogens (tertiary/aromatic N) is 2. The van der Waals surface area contributed by atoms with Gasteiger partial charge in [-0.2, -0.15) is 0 Å². The van der Waals surface area contributed by atoms with Gasteiger partial charge in [0.2, 0.25) is 0 Å². The quantitative estimate of drug-likeness (QED) is 0.206. The van der Waals surface area contributed by atoms with E-state index in [1.165, 1.54) is 0 Å². The maximum atomic E-state index is 13.2. The molecule has 1 heterocycles. The van der Waals surface area contributed by atoms with Crippen LogP contribution in [-0.4, -0.2) is 67.0 Å². The van der Waals surface area contributed by atoms with Crippen LogP contribution in [0.25, 0.3) is 5.76 Å². The summed E-state index contributed by atoms with van der Waals surface area (Å²) in [7, 11) is 3.93. The topological polar surface area (TPSA) is 79.3 Å². The van der Waals surface area contributed by atoms with Crippen molar-refractivity contribution in [3.8, 4) is 11.5 Å². The van der Waals surface area contributed by atoms with Crippen LogP contribution in [0.2, 0.25) is 0 Å². The smallest absolute Gasteiger partial charge is 0.295 e. The summed E-state index contributed by atoms with van der Waals surface area (Å²) in [6.07, 6.45) is 2.64. The zero-order valence-electron chi connectivity index (χ0n) is 21.1. The number of hydrogen-bond acceptors (Lipinski definition) is 6. The Balaban J connectivity index is 2.02. The summed E-state index contributed by atoms with van der Waals surface area (Å²) in [5, 5.41) is 11.3. The molecule has 1 aliphatic rings. The van der Waals surface area contributed by atoms with Crippen LogP contribution in [0, 0.1) is 0 Å². The van der Waals surface area contributed by atoms with E-state index in [0.717, 1.165) is 24.9 Å². The van der Waals surface area contributed by atoms with Crippen LogP contribution in [0.5, 0.6) is 11.5 Å². The number of benzene rings is 2. The molecule has 1 saturated heterocycles. The van der Waals surface area contributed by atoms with Gasteiger partial charge in [0.15, 0.2) is 0 Å². The van der Waals surface area contributed by atoms with Gasteiger partial charge in [-0.25, -0.2) is 0 Å². The molecule has 7 nitrogen and oxygen atoms in total. The van der Waals surface area contributed by atoms with E-state index in [9.17, 15) is 14.7 Å². The molecule has 188 valence electrons. The van der Waals surface area contributed by atoms with Crippen LogP contribution in [0.3, 0.4) is 0 Å². The number of aliphatic hydroxyl groups is 1. The maximum absolute atomic E-state index is 13.2.